The van der Waals surface area contributed by atoms with E-state index < -0.39 is 53.8 Å². The fraction of sp³-hybridized carbons (Fsp3) is 0.250. The predicted molar refractivity (Wildman–Crippen MR) is 61.9 cm³/mol. The van der Waals surface area contributed by atoms with E-state index in [0.717, 1.165) is 0 Å². The summed E-state index contributed by atoms with van der Waals surface area (Å²) in [5.41, 5.74) is -0.917. The van der Waals surface area contributed by atoms with Crippen molar-refractivity contribution < 1.29 is 45.7 Å². The number of carboxylic acids is 2. The molecule has 10 nitrogen and oxygen atoms in total. The number of carbonyl (C=O) groups is 2. The molecule has 0 aromatic carbocycles. The van der Waals surface area contributed by atoms with Crippen molar-refractivity contribution in [2.45, 2.75) is 11.2 Å². The van der Waals surface area contributed by atoms with Crippen LogP contribution in [0.5, 0.6) is 0 Å². The molecule has 20 heavy (non-hydrogen) atoms. The van der Waals surface area contributed by atoms with Crippen LogP contribution in [0.4, 0.5) is 0 Å². The molecular formula is C8H8O10S2. The lowest BCUT2D eigenvalue weighted by atomic mass is 9.93. The fourth-order valence-electron chi connectivity index (χ4n) is 1.53. The van der Waals surface area contributed by atoms with Gasteiger partial charge in [-0.25, -0.2) is 4.79 Å². The Morgan fingerprint density at radius 3 is 1.90 bits per heavy atom. The lowest BCUT2D eigenvalue weighted by molar-refractivity contribution is -0.139. The molecule has 0 radical (unpaired) electrons. The summed E-state index contributed by atoms with van der Waals surface area (Å²) in [6.45, 7) is 0. The van der Waals surface area contributed by atoms with Crippen molar-refractivity contribution in [3.63, 3.8) is 0 Å². The Balaban J connectivity index is 3.76. The molecule has 0 amide bonds. The van der Waals surface area contributed by atoms with Crippen molar-refractivity contribution in [1.29, 1.82) is 0 Å². The Bertz CT molecular complexity index is 738. The van der Waals surface area contributed by atoms with E-state index in [4.69, 9.17) is 19.3 Å². The van der Waals surface area contributed by atoms with Gasteiger partial charge in [-0.1, -0.05) is 0 Å². The van der Waals surface area contributed by atoms with Crippen LogP contribution in [0.2, 0.25) is 0 Å². The first-order chi connectivity index (χ1) is 8.81. The van der Waals surface area contributed by atoms with E-state index in [9.17, 15) is 26.4 Å². The third-order valence-corrected chi connectivity index (χ3v) is 4.73. The maximum absolute atomic E-state index is 11.2. The Morgan fingerprint density at radius 1 is 1.10 bits per heavy atom. The largest absolute Gasteiger partial charge is 0.480 e. The first-order valence-electron chi connectivity index (χ1n) is 4.66. The van der Waals surface area contributed by atoms with Crippen LogP contribution in [-0.4, -0.2) is 52.8 Å². The van der Waals surface area contributed by atoms with Gasteiger partial charge >= 0.3 is 11.9 Å². The summed E-state index contributed by atoms with van der Waals surface area (Å²) in [5, 5.41) is 17.7. The zero-order valence-electron chi connectivity index (χ0n) is 9.42. The molecular weight excluding hydrogens is 320 g/mol. The first kappa shape index (κ1) is 16.3. The van der Waals surface area contributed by atoms with E-state index in [1.807, 2.05) is 0 Å². The molecule has 0 aromatic rings. The predicted octanol–water partition coefficient (Wildman–Crippen LogP) is -1.12. The van der Waals surface area contributed by atoms with E-state index in [1.54, 1.807) is 0 Å². The maximum Gasteiger partial charge on any atom is 0.331 e. The van der Waals surface area contributed by atoms with Crippen LogP contribution in [0, 0.1) is 0 Å². The van der Waals surface area contributed by atoms with E-state index in [-0.39, 0.29) is 6.08 Å². The average Bonchev–Trinajstić information content (AvgIpc) is 2.25. The Kier molecular flexibility index (Phi) is 3.80. The van der Waals surface area contributed by atoms with Crippen LogP contribution >= 0.6 is 0 Å². The number of rotatable bonds is 4. The summed E-state index contributed by atoms with van der Waals surface area (Å²) in [6, 6.07) is 0. The summed E-state index contributed by atoms with van der Waals surface area (Å²) in [5.74, 6) is -3.98. The summed E-state index contributed by atoms with van der Waals surface area (Å²) < 4.78 is 59.0. The Morgan fingerprint density at radius 2 is 1.60 bits per heavy atom. The van der Waals surface area contributed by atoms with Gasteiger partial charge in [0.15, 0.2) is 0 Å². The monoisotopic (exact) mass is 328 g/mol. The highest BCUT2D eigenvalue weighted by molar-refractivity contribution is 7.90. The van der Waals surface area contributed by atoms with Crippen molar-refractivity contribution in [2.24, 2.45) is 0 Å². The number of hydrogen-bond acceptors (Lipinski definition) is 6. The van der Waals surface area contributed by atoms with Crippen molar-refractivity contribution in [1.82, 2.24) is 0 Å². The third kappa shape index (κ3) is 2.72. The van der Waals surface area contributed by atoms with Crippen molar-refractivity contribution in [2.75, 3.05) is 0 Å². The second kappa shape index (κ2) is 4.66. The van der Waals surface area contributed by atoms with E-state index in [1.165, 1.54) is 0 Å². The van der Waals surface area contributed by atoms with Gasteiger partial charge in [-0.15, -0.1) is 0 Å². The molecule has 4 N–H and O–H groups in total. The van der Waals surface area contributed by atoms with E-state index in [0.29, 0.717) is 6.08 Å². The summed E-state index contributed by atoms with van der Waals surface area (Å²) in [4.78, 5) is 20.7. The molecule has 0 bridgehead atoms. The first-order valence-corrected chi connectivity index (χ1v) is 7.54. The van der Waals surface area contributed by atoms with Crippen molar-refractivity contribution in [3.05, 3.63) is 22.6 Å². The lowest BCUT2D eigenvalue weighted by Gasteiger charge is -2.26. The zero-order valence-corrected chi connectivity index (χ0v) is 11.0. The number of allylic oxidation sites excluding steroid dienone is 1. The van der Waals surface area contributed by atoms with Crippen molar-refractivity contribution in [3.8, 4) is 0 Å². The summed E-state index contributed by atoms with van der Waals surface area (Å²) >= 11 is 0. The summed E-state index contributed by atoms with van der Waals surface area (Å²) in [7, 11) is -10.5. The van der Waals surface area contributed by atoms with E-state index in [2.05, 4.69) is 0 Å². The molecule has 0 fully saturated rings. The van der Waals surface area contributed by atoms with Gasteiger partial charge in [0.2, 0.25) is 4.75 Å². The number of hydrogen-bond donors (Lipinski definition) is 4. The molecule has 112 valence electrons. The zero-order chi connectivity index (χ0) is 15.9. The van der Waals surface area contributed by atoms with Gasteiger partial charge in [-0.3, -0.25) is 13.9 Å². The molecule has 0 saturated carbocycles. The molecule has 1 rings (SSSR count). The standard InChI is InChI=1S/C8H8O10S2/c9-6(10)4-1-5(19(13,14)15)3-8(2-4,7(11)12)20(16,17)18/h1,3H,2H2,(H,9,10)(H,11,12)(H,13,14,15)(H,16,17,18). The minimum Gasteiger partial charge on any atom is -0.480 e. The molecule has 0 heterocycles. The highest BCUT2D eigenvalue weighted by Gasteiger charge is 2.53. The highest BCUT2D eigenvalue weighted by Crippen LogP contribution is 2.35. The van der Waals surface area contributed by atoms with Crippen LogP contribution in [0.1, 0.15) is 6.42 Å². The van der Waals surface area contributed by atoms with Crippen LogP contribution in [0.3, 0.4) is 0 Å². The molecule has 0 aliphatic heterocycles. The number of carboxylic acid groups (broad SMARTS) is 2. The van der Waals surface area contributed by atoms with Gasteiger partial charge < -0.3 is 10.2 Å². The molecule has 0 spiro atoms. The lowest BCUT2D eigenvalue weighted by Crippen LogP contribution is -2.47. The van der Waals surface area contributed by atoms with Crippen LogP contribution < -0.4 is 0 Å². The smallest absolute Gasteiger partial charge is 0.331 e. The van der Waals surface area contributed by atoms with Gasteiger partial charge in [0, 0.05) is 12.0 Å². The molecule has 1 aliphatic carbocycles. The van der Waals surface area contributed by atoms with Gasteiger partial charge in [-0.2, -0.15) is 16.8 Å². The van der Waals surface area contributed by atoms with Gasteiger partial charge in [0.1, 0.15) is 0 Å². The quantitative estimate of drug-likeness (QED) is 0.461. The van der Waals surface area contributed by atoms with Gasteiger partial charge in [0.05, 0.1) is 4.91 Å². The third-order valence-electron chi connectivity index (χ3n) is 2.54. The molecule has 0 saturated heterocycles. The minimum absolute atomic E-state index is 0.0758. The average molecular weight is 328 g/mol. The molecule has 12 heteroatoms. The van der Waals surface area contributed by atoms with Crippen LogP contribution in [0.15, 0.2) is 22.6 Å². The van der Waals surface area contributed by atoms with Gasteiger partial charge in [0.25, 0.3) is 20.2 Å². The second-order valence-corrected chi connectivity index (χ2v) is 6.94. The van der Waals surface area contributed by atoms with E-state index >= 15 is 0 Å². The van der Waals surface area contributed by atoms with Gasteiger partial charge in [-0.05, 0) is 12.2 Å². The Labute approximate surface area is 112 Å². The maximum atomic E-state index is 11.2. The normalized spacial score (nSPS) is 23.7. The second-order valence-electron chi connectivity index (χ2n) is 3.84. The number of aliphatic carboxylic acids is 2. The minimum atomic E-state index is -5.40. The molecule has 1 atom stereocenters. The van der Waals surface area contributed by atoms with Crippen LogP contribution in [-0.2, 0) is 29.8 Å². The van der Waals surface area contributed by atoms with Crippen molar-refractivity contribution >= 4 is 32.2 Å². The summed E-state index contributed by atoms with van der Waals surface area (Å²) in [6.07, 6.45) is -0.716. The Hall–Kier alpha value is -1.76. The molecule has 1 unspecified atom stereocenters. The van der Waals surface area contributed by atoms with Crippen LogP contribution in [0.25, 0.3) is 0 Å². The fourth-order valence-corrected chi connectivity index (χ4v) is 3.08. The molecule has 1 aliphatic rings. The topological polar surface area (TPSA) is 183 Å². The molecule has 0 aromatic heterocycles. The SMILES string of the molecule is O=C(O)C1=CC(S(=O)(=O)O)=CC(C(=O)O)(S(=O)(=O)O)C1. The highest BCUT2D eigenvalue weighted by atomic mass is 32.2.